The molecule has 0 spiro atoms. The number of esters is 1. The van der Waals surface area contributed by atoms with E-state index < -0.39 is 244 Å². The van der Waals surface area contributed by atoms with Gasteiger partial charge in [0.1, 0.15) is 110 Å². The average molecular weight is 1340 g/mol. The zero-order valence-electron chi connectivity index (χ0n) is 53.9. The van der Waals surface area contributed by atoms with Crippen molar-refractivity contribution in [3.8, 4) is 0 Å². The topological polar surface area (TPSA) is 472 Å². The second-order valence-electron chi connectivity index (χ2n) is 30.5. The maximum atomic E-state index is 15.6. The minimum atomic E-state index is -2.05. The van der Waals surface area contributed by atoms with E-state index in [1.807, 2.05) is 6.92 Å². The summed E-state index contributed by atoms with van der Waals surface area (Å²) < 4.78 is 72.2. The van der Waals surface area contributed by atoms with Crippen LogP contribution in [0.15, 0.2) is 11.6 Å². The maximum Gasteiger partial charge on any atom is 0.315 e. The summed E-state index contributed by atoms with van der Waals surface area (Å²) in [5.74, 6) is -1.29. The molecule has 6 saturated heterocycles. The number of rotatable bonds is 14. The van der Waals surface area contributed by atoms with Crippen LogP contribution in [-0.2, 0) is 61.6 Å². The Morgan fingerprint density at radius 1 is 0.495 bits per heavy atom. The van der Waals surface area contributed by atoms with Crippen molar-refractivity contribution >= 4 is 5.97 Å². The van der Waals surface area contributed by atoms with Crippen LogP contribution in [0.25, 0.3) is 0 Å². The van der Waals surface area contributed by atoms with Gasteiger partial charge in [0.25, 0.3) is 0 Å². The summed E-state index contributed by atoms with van der Waals surface area (Å²) in [7, 11) is 0. The summed E-state index contributed by atoms with van der Waals surface area (Å²) in [6.45, 7) is 13.1. The van der Waals surface area contributed by atoms with Gasteiger partial charge in [-0.15, -0.1) is 0 Å². The molecule has 10 fully saturated rings. The normalized spacial score (nSPS) is 55.7. The van der Waals surface area contributed by atoms with E-state index >= 15 is 4.79 Å². The van der Waals surface area contributed by atoms with Crippen molar-refractivity contribution in [2.75, 3.05) is 33.0 Å². The van der Waals surface area contributed by atoms with Crippen molar-refractivity contribution in [2.24, 2.45) is 50.2 Å². The Kier molecular flexibility index (Phi) is 20.9. The summed E-state index contributed by atoms with van der Waals surface area (Å²) in [4.78, 5) is 15.6. The monoisotopic (exact) mass is 1340 g/mol. The van der Waals surface area contributed by atoms with E-state index in [4.69, 9.17) is 56.8 Å². The standard InChI is InChI=1S/C63H102O30/c1-24-35(70)39(74)42(77)53(85-24)89-47-31(69)22-83-52(44(47)79)88-46-25(2)86-55(45(80)48(46)90-51-41(76)36(71)29(67)20-82-51)91-49-37(72)30(68)21-84-56(49)93-57(81)63-15-13-58(3,4)17-27(63)26-9-10-34-59(5)18-28(66)50(92-54-43(78)40(75)38(73)32(19-64)87-54)60(6,23-65)33(59)11-12-62(34,8)61(26,7)14-16-63/h9,24-25,27-56,64-80H,10-23H2,1-8H3/t24?,25?,27-,28+,29?,30?,31?,32?,33-,34?,35?,36?,37?,38?,39?,40?,41?,42?,43?,44?,45?,46?,47?,48?,49?,50+,51?,52?,53?,54?,55?,56?,59+,60+,61-,62-,63+/m1/s1. The van der Waals surface area contributed by atoms with Gasteiger partial charge in [0.2, 0.25) is 6.29 Å². The number of aliphatic hydroxyl groups is 17. The summed E-state index contributed by atoms with van der Waals surface area (Å²) in [6, 6.07) is 0. The van der Waals surface area contributed by atoms with Crippen LogP contribution < -0.4 is 0 Å². The lowest BCUT2D eigenvalue weighted by Crippen LogP contribution is -2.69. The van der Waals surface area contributed by atoms with Crippen LogP contribution in [0.4, 0.5) is 0 Å². The van der Waals surface area contributed by atoms with E-state index in [1.54, 1.807) is 0 Å². The van der Waals surface area contributed by atoms with Gasteiger partial charge in [-0.3, -0.25) is 4.79 Å². The summed E-state index contributed by atoms with van der Waals surface area (Å²) >= 11 is 0. The van der Waals surface area contributed by atoms with Crippen molar-refractivity contribution in [3.63, 3.8) is 0 Å². The molecule has 30 nitrogen and oxygen atoms in total. The van der Waals surface area contributed by atoms with E-state index in [0.29, 0.717) is 51.4 Å². The van der Waals surface area contributed by atoms with Crippen LogP contribution in [0.3, 0.4) is 0 Å². The Balaban J connectivity index is 0.831. The molecule has 0 aromatic rings. The molecule has 4 saturated carbocycles. The molecule has 28 unspecified atom stereocenters. The second-order valence-corrected chi connectivity index (χ2v) is 30.5. The highest BCUT2D eigenvalue weighted by Crippen LogP contribution is 2.76. The fourth-order valence-electron chi connectivity index (χ4n) is 18.7. The first kappa shape index (κ1) is 72.3. The lowest BCUT2D eigenvalue weighted by Gasteiger charge is -2.72. The zero-order valence-corrected chi connectivity index (χ0v) is 53.9. The number of carbonyl (C=O) groups excluding carboxylic acids is 1. The van der Waals surface area contributed by atoms with Gasteiger partial charge in [-0.2, -0.15) is 0 Å². The van der Waals surface area contributed by atoms with E-state index in [9.17, 15) is 86.8 Å². The van der Waals surface area contributed by atoms with Gasteiger partial charge in [-0.05, 0) is 111 Å². The molecule has 30 heteroatoms. The van der Waals surface area contributed by atoms with Gasteiger partial charge in [-0.1, -0.05) is 53.2 Å². The first-order valence-electron chi connectivity index (χ1n) is 33.0. The fourth-order valence-corrected chi connectivity index (χ4v) is 18.7. The molecule has 5 aliphatic carbocycles. The van der Waals surface area contributed by atoms with Gasteiger partial charge >= 0.3 is 5.97 Å². The zero-order chi connectivity index (χ0) is 67.7. The van der Waals surface area contributed by atoms with Crippen molar-refractivity contribution < 1.29 is 148 Å². The molecule has 0 radical (unpaired) electrons. The highest BCUT2D eigenvalue weighted by atomic mass is 16.8. The fraction of sp³-hybridized carbons (Fsp3) is 0.952. The third-order valence-electron chi connectivity index (χ3n) is 24.5. The third-order valence-corrected chi connectivity index (χ3v) is 24.5. The maximum absolute atomic E-state index is 15.6. The molecule has 0 amide bonds. The van der Waals surface area contributed by atoms with Gasteiger partial charge in [0.15, 0.2) is 37.6 Å². The van der Waals surface area contributed by atoms with E-state index in [0.717, 1.165) is 5.57 Å². The minimum Gasteiger partial charge on any atom is -0.432 e. The average Bonchev–Trinajstić information content (AvgIpc) is 0.674. The summed E-state index contributed by atoms with van der Waals surface area (Å²) in [5.41, 5.74) is -2.90. The molecule has 0 aromatic heterocycles. The molecule has 534 valence electrons. The van der Waals surface area contributed by atoms with E-state index in [2.05, 4.69) is 40.7 Å². The quantitative estimate of drug-likeness (QED) is 0.0443. The first-order chi connectivity index (χ1) is 43.6. The number of ether oxygens (including phenoxy) is 12. The molecular weight excluding hydrogens is 1240 g/mol. The molecule has 11 aliphatic rings. The molecule has 93 heavy (non-hydrogen) atoms. The van der Waals surface area contributed by atoms with Gasteiger partial charge in [-0.25, -0.2) is 0 Å². The molecule has 11 rings (SSSR count). The molecular formula is C63H102O30. The van der Waals surface area contributed by atoms with Crippen molar-refractivity contribution in [1.29, 1.82) is 0 Å². The second kappa shape index (κ2) is 26.9. The van der Waals surface area contributed by atoms with E-state index in [-0.39, 0.29) is 29.6 Å². The molecule has 0 bridgehead atoms. The van der Waals surface area contributed by atoms with Crippen LogP contribution in [0.5, 0.6) is 0 Å². The lowest BCUT2D eigenvalue weighted by atomic mass is 9.33. The number of allylic oxidation sites excluding steroid dienone is 2. The van der Waals surface area contributed by atoms with Crippen LogP contribution in [-0.4, -0.2) is 304 Å². The molecule has 6 aliphatic heterocycles. The molecule has 17 N–H and O–H groups in total. The SMILES string of the molecule is CC1OC(OC2C(O)COC(OC3C(C)OC(OC4C(OC(=O)[C@]56CCC(C)(C)C[C@@H]5C5=CCC7[C@@]8(C)C[C@H](O)[C@H](OC9OC(CO)C(O)C(O)C9O)[C@@](C)(CO)[C@@H]8CC[C@@]7(C)[C@]5(C)CC6)OCC(O)C4O)C(O)C3OC3OCC(O)C(O)C3O)C2O)C(O)C(O)C1O. The Labute approximate surface area is 539 Å². The highest BCUT2D eigenvalue weighted by molar-refractivity contribution is 5.79. The van der Waals surface area contributed by atoms with Gasteiger partial charge in [0, 0.05) is 5.41 Å². The predicted octanol–water partition coefficient (Wildman–Crippen LogP) is -4.47. The lowest BCUT2D eigenvalue weighted by molar-refractivity contribution is -0.392. The van der Waals surface area contributed by atoms with Crippen LogP contribution in [0, 0.1) is 50.2 Å². The predicted molar refractivity (Wildman–Crippen MR) is 310 cm³/mol. The molecule has 0 aromatic carbocycles. The Hall–Kier alpha value is -1.91. The third kappa shape index (κ3) is 12.3. The van der Waals surface area contributed by atoms with Gasteiger partial charge in [0.05, 0.1) is 62.9 Å². The minimum absolute atomic E-state index is 0.0566. The molecule has 6 heterocycles. The Morgan fingerprint density at radius 3 is 1.70 bits per heavy atom. The van der Waals surface area contributed by atoms with Crippen LogP contribution in [0.2, 0.25) is 0 Å². The highest BCUT2D eigenvalue weighted by Gasteiger charge is 2.72. The van der Waals surface area contributed by atoms with Crippen LogP contribution >= 0.6 is 0 Å². The number of aliphatic hydroxyl groups excluding tert-OH is 17. The number of hydrogen-bond acceptors (Lipinski definition) is 30. The molecule has 37 atom stereocenters. The number of fused-ring (bicyclic) bond motifs is 7. The van der Waals surface area contributed by atoms with Gasteiger partial charge < -0.3 is 144 Å². The van der Waals surface area contributed by atoms with E-state index in [1.165, 1.54) is 13.8 Å². The van der Waals surface area contributed by atoms with Crippen molar-refractivity contribution in [3.05, 3.63) is 11.6 Å². The van der Waals surface area contributed by atoms with Crippen molar-refractivity contribution in [1.82, 2.24) is 0 Å². The Bertz CT molecular complexity index is 2620. The smallest absolute Gasteiger partial charge is 0.315 e. The first-order valence-corrected chi connectivity index (χ1v) is 33.0. The summed E-state index contributed by atoms with van der Waals surface area (Å²) in [5, 5.41) is 187. The van der Waals surface area contributed by atoms with Crippen molar-refractivity contribution in [2.45, 2.75) is 291 Å². The Morgan fingerprint density at radius 2 is 1.03 bits per heavy atom. The largest absolute Gasteiger partial charge is 0.432 e. The van der Waals surface area contributed by atoms with Crippen LogP contribution in [0.1, 0.15) is 113 Å². The summed E-state index contributed by atoms with van der Waals surface area (Å²) in [6.07, 6.45) is -40.4. The number of carbonyl (C=O) groups is 1. The number of hydrogen-bond donors (Lipinski definition) is 17.